The highest BCUT2D eigenvalue weighted by Gasteiger charge is 2.38. The van der Waals surface area contributed by atoms with Crippen LogP contribution in [-0.4, -0.2) is 24.8 Å². The summed E-state index contributed by atoms with van der Waals surface area (Å²) < 4.78 is 5.32. The Hall–Kier alpha value is -2.74. The molecule has 1 aromatic carbocycles. The Morgan fingerprint density at radius 3 is 2.75 bits per heavy atom. The fraction of sp³-hybridized carbons (Fsp3) is 0.368. The van der Waals surface area contributed by atoms with Crippen LogP contribution in [0.25, 0.3) is 0 Å². The number of nitrogens with zero attached hydrogens (tertiary/aromatic N) is 2. The molecule has 1 aliphatic carbocycles. The van der Waals surface area contributed by atoms with E-state index in [0.717, 1.165) is 41.0 Å². The standard InChI is InChI=1S/C19H21N3O2/c1-11-9-12(7-8-16(11)24-3)17-13(10-20)19(21)22(2)14-5-4-6-15(23)18(14)17/h7-9,17H,4-6,21H2,1-3H3/t17-/m0/s1. The molecule has 0 unspecified atom stereocenters. The Labute approximate surface area is 142 Å². The summed E-state index contributed by atoms with van der Waals surface area (Å²) in [4.78, 5) is 14.5. The second kappa shape index (κ2) is 6.04. The minimum Gasteiger partial charge on any atom is -0.496 e. The normalized spacial score (nSPS) is 20.8. The molecule has 5 nitrogen and oxygen atoms in total. The maximum atomic E-state index is 12.7. The van der Waals surface area contributed by atoms with Crippen LogP contribution in [0.5, 0.6) is 5.75 Å². The summed E-state index contributed by atoms with van der Waals surface area (Å²) in [6.07, 6.45) is 2.16. The maximum absolute atomic E-state index is 12.7. The highest BCUT2D eigenvalue weighted by Crippen LogP contribution is 2.44. The molecule has 0 saturated heterocycles. The van der Waals surface area contributed by atoms with Crippen molar-refractivity contribution in [3.05, 3.63) is 52.0 Å². The fourth-order valence-electron chi connectivity index (χ4n) is 3.68. The number of benzene rings is 1. The van der Waals surface area contributed by atoms with Gasteiger partial charge in [0.05, 0.1) is 24.7 Å². The summed E-state index contributed by atoms with van der Waals surface area (Å²) in [5, 5.41) is 9.68. The van der Waals surface area contributed by atoms with Crippen LogP contribution in [0, 0.1) is 18.3 Å². The average Bonchev–Trinajstić information content (AvgIpc) is 2.58. The van der Waals surface area contributed by atoms with Crippen molar-refractivity contribution < 1.29 is 9.53 Å². The predicted molar refractivity (Wildman–Crippen MR) is 90.9 cm³/mol. The zero-order valence-corrected chi connectivity index (χ0v) is 14.2. The summed E-state index contributed by atoms with van der Waals surface area (Å²) in [6, 6.07) is 8.00. The van der Waals surface area contributed by atoms with E-state index >= 15 is 0 Å². The molecule has 0 aromatic heterocycles. The van der Waals surface area contributed by atoms with E-state index in [1.54, 1.807) is 12.0 Å². The van der Waals surface area contributed by atoms with Crippen molar-refractivity contribution in [2.75, 3.05) is 14.2 Å². The number of Topliss-reactive ketones (excluding diaryl/α,β-unsaturated/α-hetero) is 1. The minimum absolute atomic E-state index is 0.113. The molecule has 0 fully saturated rings. The van der Waals surface area contributed by atoms with Gasteiger partial charge in [-0.25, -0.2) is 0 Å². The molecule has 124 valence electrons. The van der Waals surface area contributed by atoms with E-state index in [1.165, 1.54) is 0 Å². The van der Waals surface area contributed by atoms with Crippen LogP contribution >= 0.6 is 0 Å². The van der Waals surface area contributed by atoms with Crippen molar-refractivity contribution in [3.63, 3.8) is 0 Å². The van der Waals surface area contributed by atoms with Crippen molar-refractivity contribution in [2.24, 2.45) is 5.73 Å². The number of allylic oxidation sites excluding steroid dienone is 3. The SMILES string of the molecule is COc1ccc([C@H]2C(C#N)=C(N)N(C)C3=C2C(=O)CCC3)cc1C. The largest absolute Gasteiger partial charge is 0.496 e. The second-order valence-electron chi connectivity index (χ2n) is 6.27. The molecule has 2 N–H and O–H groups in total. The lowest BCUT2D eigenvalue weighted by molar-refractivity contribution is -0.116. The second-order valence-corrected chi connectivity index (χ2v) is 6.27. The van der Waals surface area contributed by atoms with E-state index in [0.29, 0.717) is 17.8 Å². The zero-order valence-electron chi connectivity index (χ0n) is 14.2. The number of nitriles is 1. The number of carbonyl (C=O) groups excluding carboxylic acids is 1. The molecule has 0 radical (unpaired) electrons. The number of hydrogen-bond donors (Lipinski definition) is 1. The highest BCUT2D eigenvalue weighted by molar-refractivity contribution is 5.99. The Kier molecular flexibility index (Phi) is 4.06. The third-order valence-electron chi connectivity index (χ3n) is 4.92. The van der Waals surface area contributed by atoms with Crippen molar-refractivity contribution in [3.8, 4) is 11.8 Å². The summed E-state index contributed by atoms with van der Waals surface area (Å²) >= 11 is 0. The number of rotatable bonds is 2. The van der Waals surface area contributed by atoms with Crippen LogP contribution in [-0.2, 0) is 4.79 Å². The van der Waals surface area contributed by atoms with Gasteiger partial charge in [-0.3, -0.25) is 4.79 Å². The minimum atomic E-state index is -0.390. The van der Waals surface area contributed by atoms with E-state index in [2.05, 4.69) is 6.07 Å². The number of aryl methyl sites for hydroxylation is 1. The van der Waals surface area contributed by atoms with Gasteiger partial charge >= 0.3 is 0 Å². The van der Waals surface area contributed by atoms with Crippen molar-refractivity contribution in [1.82, 2.24) is 4.90 Å². The number of ether oxygens (including phenoxy) is 1. The van der Waals surface area contributed by atoms with Crippen LogP contribution in [0.3, 0.4) is 0 Å². The highest BCUT2D eigenvalue weighted by atomic mass is 16.5. The van der Waals surface area contributed by atoms with Crippen molar-refractivity contribution >= 4 is 5.78 Å². The summed E-state index contributed by atoms with van der Waals surface area (Å²) in [5.41, 5.74) is 10.2. The van der Waals surface area contributed by atoms with Gasteiger partial charge in [0.2, 0.25) is 0 Å². The Balaban J connectivity index is 2.21. The Morgan fingerprint density at radius 2 is 2.12 bits per heavy atom. The van der Waals surface area contributed by atoms with Crippen molar-refractivity contribution in [2.45, 2.75) is 32.1 Å². The van der Waals surface area contributed by atoms with Gasteiger partial charge in [0, 0.05) is 24.7 Å². The summed E-state index contributed by atoms with van der Waals surface area (Å²) in [5.74, 6) is 0.941. The molecule has 0 bridgehead atoms. The lowest BCUT2D eigenvalue weighted by Crippen LogP contribution is -2.36. The first-order chi connectivity index (χ1) is 11.5. The smallest absolute Gasteiger partial charge is 0.161 e. The molecule has 5 heteroatoms. The molecule has 1 atom stereocenters. The quantitative estimate of drug-likeness (QED) is 0.905. The molecule has 0 amide bonds. The van der Waals surface area contributed by atoms with Gasteiger partial charge in [0.25, 0.3) is 0 Å². The number of methoxy groups -OCH3 is 1. The first kappa shape index (κ1) is 16.1. The number of ketones is 1. The lowest BCUT2D eigenvalue weighted by atomic mass is 9.75. The number of carbonyl (C=O) groups is 1. The van der Waals surface area contributed by atoms with Crippen LogP contribution in [0.1, 0.15) is 36.3 Å². The molecule has 2 aliphatic rings. The molecule has 24 heavy (non-hydrogen) atoms. The van der Waals surface area contributed by atoms with Crippen LogP contribution in [0.15, 0.2) is 40.9 Å². The number of nitrogens with two attached hydrogens (primary N) is 1. The predicted octanol–water partition coefficient (Wildman–Crippen LogP) is 2.73. The van der Waals surface area contributed by atoms with Crippen LogP contribution in [0.4, 0.5) is 0 Å². The molecule has 1 aromatic rings. The number of hydrogen-bond acceptors (Lipinski definition) is 5. The first-order valence-electron chi connectivity index (χ1n) is 8.03. The van der Waals surface area contributed by atoms with Gasteiger partial charge in [-0.15, -0.1) is 0 Å². The molecule has 0 spiro atoms. The Bertz CT molecular complexity index is 814. The third-order valence-corrected chi connectivity index (χ3v) is 4.92. The monoisotopic (exact) mass is 323 g/mol. The average molecular weight is 323 g/mol. The first-order valence-corrected chi connectivity index (χ1v) is 8.03. The lowest BCUT2D eigenvalue weighted by Gasteiger charge is -2.37. The van der Waals surface area contributed by atoms with Gasteiger partial charge in [-0.2, -0.15) is 5.26 Å². The van der Waals surface area contributed by atoms with E-state index in [-0.39, 0.29) is 5.78 Å². The van der Waals surface area contributed by atoms with Crippen LogP contribution in [0.2, 0.25) is 0 Å². The Morgan fingerprint density at radius 1 is 1.38 bits per heavy atom. The molecule has 0 saturated carbocycles. The fourth-order valence-corrected chi connectivity index (χ4v) is 3.68. The van der Waals surface area contributed by atoms with Crippen LogP contribution < -0.4 is 10.5 Å². The van der Waals surface area contributed by atoms with Gasteiger partial charge in [0.15, 0.2) is 5.78 Å². The van der Waals surface area contributed by atoms with E-state index in [4.69, 9.17) is 10.5 Å². The zero-order chi connectivity index (χ0) is 17.4. The van der Waals surface area contributed by atoms with E-state index < -0.39 is 5.92 Å². The van der Waals surface area contributed by atoms with Gasteiger partial charge < -0.3 is 15.4 Å². The molecule has 1 aliphatic heterocycles. The van der Waals surface area contributed by atoms with E-state index in [1.807, 2.05) is 32.2 Å². The molecule has 3 rings (SSSR count). The molecule has 1 heterocycles. The molecular formula is C19H21N3O2. The summed E-state index contributed by atoms with van der Waals surface area (Å²) in [6.45, 7) is 1.95. The van der Waals surface area contributed by atoms with E-state index in [9.17, 15) is 10.1 Å². The maximum Gasteiger partial charge on any atom is 0.161 e. The third kappa shape index (κ3) is 2.35. The summed E-state index contributed by atoms with van der Waals surface area (Å²) in [7, 11) is 3.46. The van der Waals surface area contributed by atoms with Gasteiger partial charge in [-0.05, 0) is 37.0 Å². The van der Waals surface area contributed by atoms with Gasteiger partial charge in [0.1, 0.15) is 11.6 Å². The topological polar surface area (TPSA) is 79.3 Å². The van der Waals surface area contributed by atoms with Gasteiger partial charge in [-0.1, -0.05) is 12.1 Å². The van der Waals surface area contributed by atoms with Crippen molar-refractivity contribution in [1.29, 1.82) is 5.26 Å². The molecular weight excluding hydrogens is 302 g/mol.